The Morgan fingerprint density at radius 1 is 1.21 bits per heavy atom. The molecule has 0 atom stereocenters. The molecule has 0 radical (unpaired) electrons. The molecule has 11 heteroatoms. The number of hydrogen-bond acceptors (Lipinski definition) is 6. The van der Waals surface area contributed by atoms with Crippen molar-refractivity contribution < 1.29 is 27.5 Å². The van der Waals surface area contributed by atoms with Crippen LogP contribution in [0.1, 0.15) is 48.7 Å². The average molecular weight is 479 g/mol. The van der Waals surface area contributed by atoms with Crippen molar-refractivity contribution >= 4 is 39.0 Å². The molecule has 2 aromatic heterocycles. The fourth-order valence-electron chi connectivity index (χ4n) is 3.86. The van der Waals surface area contributed by atoms with Crippen molar-refractivity contribution in [1.29, 1.82) is 0 Å². The molecule has 1 fully saturated rings. The highest BCUT2D eigenvalue weighted by Gasteiger charge is 2.30. The van der Waals surface area contributed by atoms with E-state index in [1.165, 1.54) is 5.38 Å². The highest BCUT2D eigenvalue weighted by molar-refractivity contribution is 7.16. The number of ether oxygens (including phenoxy) is 1. The second kappa shape index (κ2) is 8.97. The van der Waals surface area contributed by atoms with Gasteiger partial charge in [0.25, 0.3) is 5.56 Å². The number of nitrogens with zero attached hydrogens (tertiary/aromatic N) is 2. The van der Waals surface area contributed by atoms with E-state index in [1.54, 1.807) is 6.92 Å². The zero-order valence-corrected chi connectivity index (χ0v) is 18.4. The van der Waals surface area contributed by atoms with Crippen LogP contribution in [0.4, 0.5) is 18.2 Å². The maximum atomic E-state index is 13.3. The molecule has 1 aliphatic rings. The van der Waals surface area contributed by atoms with Crippen molar-refractivity contribution in [3.05, 3.63) is 51.3 Å². The molecule has 1 amide bonds. The minimum Gasteiger partial charge on any atom is -0.461 e. The highest BCUT2D eigenvalue weighted by Crippen LogP contribution is 2.33. The van der Waals surface area contributed by atoms with Crippen LogP contribution < -0.4 is 10.9 Å². The second-order valence-electron chi connectivity index (χ2n) is 7.65. The molecule has 4 rings (SSSR count). The second-order valence-corrected chi connectivity index (χ2v) is 8.53. The molecule has 1 aliphatic carbocycles. The number of nitrogens with one attached hydrogen (secondary N) is 1. The van der Waals surface area contributed by atoms with E-state index < -0.39 is 23.3 Å². The summed E-state index contributed by atoms with van der Waals surface area (Å²) in [6.07, 6.45) is -1.09. The van der Waals surface area contributed by atoms with E-state index in [2.05, 4.69) is 10.4 Å². The van der Waals surface area contributed by atoms with Gasteiger partial charge in [-0.2, -0.15) is 23.0 Å². The van der Waals surface area contributed by atoms with Gasteiger partial charge in [0.15, 0.2) is 5.69 Å². The number of anilines is 1. The summed E-state index contributed by atoms with van der Waals surface area (Å²) < 4.78 is 44.7. The molecule has 0 bridgehead atoms. The first-order valence-corrected chi connectivity index (χ1v) is 11.3. The number of benzene rings is 1. The quantitative estimate of drug-likeness (QED) is 0.533. The van der Waals surface area contributed by atoms with E-state index in [9.17, 15) is 27.6 Å². The van der Waals surface area contributed by atoms with Crippen LogP contribution in [0.25, 0.3) is 16.5 Å². The first-order chi connectivity index (χ1) is 15.7. The Morgan fingerprint density at radius 3 is 2.48 bits per heavy atom. The highest BCUT2D eigenvalue weighted by atomic mass is 32.1. The standard InChI is InChI=1S/C22H20F3N3O4S/c1-2-32-21(31)17-15-11-33-19(26-18(29)12-5-3-4-6-12)16(15)20(30)28(27-17)14-9-7-13(8-10-14)22(23,24)25/h7-12H,2-6H2,1H3,(H,26,29). The third-order valence-corrected chi connectivity index (χ3v) is 6.42. The van der Waals surface area contributed by atoms with Gasteiger partial charge in [-0.15, -0.1) is 11.3 Å². The lowest BCUT2D eigenvalue weighted by molar-refractivity contribution is -0.137. The molecule has 0 aliphatic heterocycles. The number of amides is 1. The van der Waals surface area contributed by atoms with Gasteiger partial charge >= 0.3 is 12.1 Å². The number of carbonyl (C=O) groups excluding carboxylic acids is 2. The summed E-state index contributed by atoms with van der Waals surface area (Å²) in [6, 6.07) is 3.85. The molecule has 0 spiro atoms. The van der Waals surface area contributed by atoms with E-state index in [0.29, 0.717) is 0 Å². The Bertz CT molecular complexity index is 1260. The van der Waals surface area contributed by atoms with Crippen molar-refractivity contribution in [2.45, 2.75) is 38.8 Å². The van der Waals surface area contributed by atoms with Crippen LogP contribution in [-0.4, -0.2) is 28.3 Å². The number of alkyl halides is 3. The molecule has 1 aromatic carbocycles. The van der Waals surface area contributed by atoms with Crippen molar-refractivity contribution in [2.24, 2.45) is 5.92 Å². The molecular weight excluding hydrogens is 459 g/mol. The zero-order chi connectivity index (χ0) is 23.8. The summed E-state index contributed by atoms with van der Waals surface area (Å²) in [7, 11) is 0. The molecule has 2 heterocycles. The first-order valence-electron chi connectivity index (χ1n) is 10.4. The zero-order valence-electron chi connectivity index (χ0n) is 17.6. The Hall–Kier alpha value is -3.21. The third-order valence-electron chi connectivity index (χ3n) is 5.52. The minimum absolute atomic E-state index is 0.0414. The molecule has 174 valence electrons. The smallest absolute Gasteiger partial charge is 0.416 e. The number of thiophene rings is 1. The van der Waals surface area contributed by atoms with Crippen LogP contribution in [0.3, 0.4) is 0 Å². The van der Waals surface area contributed by atoms with Crippen LogP contribution in [0, 0.1) is 5.92 Å². The van der Waals surface area contributed by atoms with Gasteiger partial charge < -0.3 is 10.1 Å². The summed E-state index contributed by atoms with van der Waals surface area (Å²) in [5.41, 5.74) is -1.67. The van der Waals surface area contributed by atoms with Gasteiger partial charge in [0.2, 0.25) is 5.91 Å². The predicted molar refractivity (Wildman–Crippen MR) is 117 cm³/mol. The number of aromatic nitrogens is 2. The number of carbonyl (C=O) groups is 2. The lowest BCUT2D eigenvalue weighted by Crippen LogP contribution is -2.26. The molecule has 1 N–H and O–H groups in total. The van der Waals surface area contributed by atoms with Gasteiger partial charge in [0.1, 0.15) is 5.00 Å². The summed E-state index contributed by atoms with van der Waals surface area (Å²) in [6.45, 7) is 1.68. The monoisotopic (exact) mass is 479 g/mol. The van der Waals surface area contributed by atoms with E-state index in [0.717, 1.165) is 66.0 Å². The number of halogens is 3. The van der Waals surface area contributed by atoms with Crippen LogP contribution in [0.15, 0.2) is 34.4 Å². The SMILES string of the molecule is CCOC(=O)c1nn(-c2ccc(C(F)(F)F)cc2)c(=O)c2c(NC(=O)C3CCCC3)scc12. The van der Waals surface area contributed by atoms with Crippen LogP contribution in [0.2, 0.25) is 0 Å². The molecule has 7 nitrogen and oxygen atoms in total. The Balaban J connectivity index is 1.84. The van der Waals surface area contributed by atoms with Gasteiger partial charge in [-0.05, 0) is 44.0 Å². The fourth-order valence-corrected chi connectivity index (χ4v) is 4.80. The lowest BCUT2D eigenvalue weighted by Gasteiger charge is -2.12. The first kappa shape index (κ1) is 23.0. The maximum Gasteiger partial charge on any atom is 0.416 e. The number of esters is 1. The van der Waals surface area contributed by atoms with Gasteiger partial charge in [0, 0.05) is 16.7 Å². The van der Waals surface area contributed by atoms with Crippen LogP contribution in [-0.2, 0) is 15.7 Å². The number of fused-ring (bicyclic) bond motifs is 1. The number of rotatable bonds is 5. The van der Waals surface area contributed by atoms with Gasteiger partial charge in [0.05, 0.1) is 23.2 Å². The van der Waals surface area contributed by atoms with Crippen molar-refractivity contribution in [1.82, 2.24) is 9.78 Å². The summed E-state index contributed by atoms with van der Waals surface area (Å²) >= 11 is 1.08. The lowest BCUT2D eigenvalue weighted by atomic mass is 10.1. The van der Waals surface area contributed by atoms with E-state index >= 15 is 0 Å². The number of hydrogen-bond donors (Lipinski definition) is 1. The van der Waals surface area contributed by atoms with E-state index in [1.807, 2.05) is 0 Å². The maximum absolute atomic E-state index is 13.3. The minimum atomic E-state index is -4.54. The normalized spacial score (nSPS) is 14.5. The molecular formula is C22H20F3N3O4S. The van der Waals surface area contributed by atoms with Crippen LogP contribution >= 0.6 is 11.3 Å². The van der Waals surface area contributed by atoms with Gasteiger partial charge in [-0.3, -0.25) is 9.59 Å². The van der Waals surface area contributed by atoms with Crippen molar-refractivity contribution in [2.75, 3.05) is 11.9 Å². The van der Waals surface area contributed by atoms with Crippen LogP contribution in [0.5, 0.6) is 0 Å². The third kappa shape index (κ3) is 4.50. The van der Waals surface area contributed by atoms with Gasteiger partial charge in [-0.25, -0.2) is 4.79 Å². The summed E-state index contributed by atoms with van der Waals surface area (Å²) in [5.74, 6) is -1.13. The van der Waals surface area contributed by atoms with Crippen molar-refractivity contribution in [3.8, 4) is 5.69 Å². The fraction of sp³-hybridized carbons (Fsp3) is 0.364. The molecule has 0 unspecified atom stereocenters. The molecule has 0 saturated heterocycles. The summed E-state index contributed by atoms with van der Waals surface area (Å²) in [4.78, 5) is 38.5. The largest absolute Gasteiger partial charge is 0.461 e. The summed E-state index contributed by atoms with van der Waals surface area (Å²) in [5, 5.41) is 8.96. The topological polar surface area (TPSA) is 90.3 Å². The Morgan fingerprint density at radius 2 is 1.88 bits per heavy atom. The van der Waals surface area contributed by atoms with Gasteiger partial charge in [-0.1, -0.05) is 12.8 Å². The van der Waals surface area contributed by atoms with E-state index in [4.69, 9.17) is 4.74 Å². The molecule has 33 heavy (non-hydrogen) atoms. The Labute approximate surface area is 190 Å². The Kier molecular flexibility index (Phi) is 6.24. The predicted octanol–water partition coefficient (Wildman–Crippen LogP) is 4.77. The van der Waals surface area contributed by atoms with Crippen molar-refractivity contribution in [3.63, 3.8) is 0 Å². The van der Waals surface area contributed by atoms with E-state index in [-0.39, 0.29) is 45.6 Å². The average Bonchev–Trinajstić information content (AvgIpc) is 3.45. The molecule has 1 saturated carbocycles. The molecule has 3 aromatic rings.